The van der Waals surface area contributed by atoms with Gasteiger partial charge in [-0.2, -0.15) is 0 Å². The number of imide groups is 1. The summed E-state index contributed by atoms with van der Waals surface area (Å²) < 4.78 is 12.5. The van der Waals surface area contributed by atoms with Crippen molar-refractivity contribution in [3.8, 4) is 11.5 Å². The number of hydrogen-bond acceptors (Lipinski definition) is 8. The van der Waals surface area contributed by atoms with Gasteiger partial charge < -0.3 is 14.8 Å². The predicted octanol–water partition coefficient (Wildman–Crippen LogP) is 6.47. The maximum absolute atomic E-state index is 13.0. The van der Waals surface area contributed by atoms with Crippen molar-refractivity contribution in [3.05, 3.63) is 95.4 Å². The molecule has 212 valence electrons. The highest BCUT2D eigenvalue weighted by Crippen LogP contribution is 2.38. The number of benzene rings is 3. The van der Waals surface area contributed by atoms with Crippen LogP contribution < -0.4 is 14.8 Å². The first-order valence-electron chi connectivity index (χ1n) is 12.5. The van der Waals surface area contributed by atoms with Crippen LogP contribution >= 0.6 is 34.4 Å². The topological polar surface area (TPSA) is 128 Å². The van der Waals surface area contributed by atoms with Crippen LogP contribution in [0.4, 0.5) is 16.2 Å². The van der Waals surface area contributed by atoms with Crippen LogP contribution in [-0.4, -0.2) is 40.0 Å². The highest BCUT2D eigenvalue weighted by Gasteiger charge is 2.36. The third kappa shape index (κ3) is 7.44. The number of nitrogens with zero attached hydrogens (tertiary/aromatic N) is 2. The molecule has 3 amide bonds. The molecule has 0 spiro atoms. The smallest absolute Gasteiger partial charge is 0.294 e. The summed E-state index contributed by atoms with van der Waals surface area (Å²) in [6.45, 7) is 5.78. The van der Waals surface area contributed by atoms with E-state index in [1.807, 2.05) is 32.9 Å². The van der Waals surface area contributed by atoms with Crippen molar-refractivity contribution in [2.45, 2.75) is 27.4 Å². The van der Waals surface area contributed by atoms with Gasteiger partial charge in [0.1, 0.15) is 13.2 Å². The maximum Gasteiger partial charge on any atom is 0.294 e. The van der Waals surface area contributed by atoms with Crippen LogP contribution in [0.3, 0.4) is 0 Å². The molecule has 1 fully saturated rings. The summed E-state index contributed by atoms with van der Waals surface area (Å²) in [5, 5.41) is 13.1. The number of nitro groups is 1. The maximum atomic E-state index is 13.0. The summed E-state index contributed by atoms with van der Waals surface area (Å²) in [6.07, 6.45) is 1.58. The number of non-ortho nitro benzene ring substituents is 1. The third-order valence-electron chi connectivity index (χ3n) is 5.99. The largest absolute Gasteiger partial charge is 0.490 e. The molecular formula is C29H26IN3O7S. The number of halogens is 1. The summed E-state index contributed by atoms with van der Waals surface area (Å²) in [4.78, 5) is 49.8. The molecule has 0 bridgehead atoms. The van der Waals surface area contributed by atoms with Crippen LogP contribution in [0.1, 0.15) is 29.2 Å². The second-order valence-electron chi connectivity index (χ2n) is 9.11. The fourth-order valence-corrected chi connectivity index (χ4v) is 5.64. The molecule has 0 unspecified atom stereocenters. The lowest BCUT2D eigenvalue weighted by Crippen LogP contribution is -2.36. The lowest BCUT2D eigenvalue weighted by molar-refractivity contribution is -0.384. The van der Waals surface area contributed by atoms with E-state index < -0.39 is 28.5 Å². The van der Waals surface area contributed by atoms with Gasteiger partial charge >= 0.3 is 0 Å². The lowest BCUT2D eigenvalue weighted by Gasteiger charge is -2.15. The lowest BCUT2D eigenvalue weighted by atomic mass is 10.1. The van der Waals surface area contributed by atoms with E-state index in [1.54, 1.807) is 36.4 Å². The second-order valence-corrected chi connectivity index (χ2v) is 11.3. The first kappa shape index (κ1) is 30.1. The van der Waals surface area contributed by atoms with E-state index in [4.69, 9.17) is 9.47 Å². The average molecular weight is 688 g/mol. The number of carbonyl (C=O) groups is 3. The second kappa shape index (κ2) is 13.2. The number of anilines is 1. The number of amides is 3. The molecule has 0 saturated carbocycles. The van der Waals surface area contributed by atoms with Gasteiger partial charge in [0, 0.05) is 17.8 Å². The van der Waals surface area contributed by atoms with Gasteiger partial charge in [0.25, 0.3) is 16.8 Å². The molecule has 3 aromatic carbocycles. The molecule has 3 aromatic rings. The molecule has 41 heavy (non-hydrogen) atoms. The molecule has 12 heteroatoms. The van der Waals surface area contributed by atoms with Crippen LogP contribution in [0.15, 0.2) is 59.5 Å². The highest BCUT2D eigenvalue weighted by molar-refractivity contribution is 14.1. The number of ether oxygens (including phenoxy) is 2. The number of hydrogen-bond donors (Lipinski definition) is 1. The summed E-state index contributed by atoms with van der Waals surface area (Å²) >= 11 is 2.86. The molecule has 4 rings (SSSR count). The monoisotopic (exact) mass is 687 g/mol. The molecule has 10 nitrogen and oxygen atoms in total. The average Bonchev–Trinajstić information content (AvgIpc) is 3.17. The van der Waals surface area contributed by atoms with Crippen molar-refractivity contribution in [1.29, 1.82) is 0 Å². The van der Waals surface area contributed by atoms with E-state index >= 15 is 0 Å². The van der Waals surface area contributed by atoms with Gasteiger partial charge in [0.15, 0.2) is 11.5 Å². The number of nitrogens with one attached hydrogen (secondary N) is 1. The fraction of sp³-hybridized carbons (Fsp3) is 0.207. The molecule has 1 N–H and O–H groups in total. The van der Waals surface area contributed by atoms with E-state index in [1.165, 1.54) is 12.1 Å². The van der Waals surface area contributed by atoms with Gasteiger partial charge in [0.05, 0.1) is 20.0 Å². The molecule has 1 heterocycles. The van der Waals surface area contributed by atoms with Crippen LogP contribution in [0.2, 0.25) is 0 Å². The van der Waals surface area contributed by atoms with E-state index in [9.17, 15) is 24.5 Å². The van der Waals surface area contributed by atoms with E-state index in [-0.39, 0.29) is 17.2 Å². The van der Waals surface area contributed by atoms with Crippen molar-refractivity contribution < 1.29 is 28.8 Å². The summed E-state index contributed by atoms with van der Waals surface area (Å²) in [7, 11) is 0. The first-order chi connectivity index (χ1) is 19.5. The van der Waals surface area contributed by atoms with Gasteiger partial charge in [-0.1, -0.05) is 17.7 Å². The Balaban J connectivity index is 1.48. The summed E-state index contributed by atoms with van der Waals surface area (Å²) in [6, 6.07) is 15.2. The molecule has 0 aromatic heterocycles. The number of thioether (sulfide) groups is 1. The van der Waals surface area contributed by atoms with Gasteiger partial charge in [-0.3, -0.25) is 29.4 Å². The van der Waals surface area contributed by atoms with E-state index in [0.717, 1.165) is 33.4 Å². The molecule has 1 aliphatic rings. The van der Waals surface area contributed by atoms with Crippen molar-refractivity contribution in [3.63, 3.8) is 0 Å². The van der Waals surface area contributed by atoms with Gasteiger partial charge in [0.2, 0.25) is 5.91 Å². The number of aryl methyl sites for hydroxylation is 2. The molecule has 0 atom stereocenters. The summed E-state index contributed by atoms with van der Waals surface area (Å²) in [5.74, 6) is -0.0933. The number of rotatable bonds is 10. The minimum atomic E-state index is -0.553. The van der Waals surface area contributed by atoms with Crippen LogP contribution in [0, 0.1) is 27.5 Å². The Hall–Kier alpha value is -3.91. The molecule has 1 saturated heterocycles. The third-order valence-corrected chi connectivity index (χ3v) is 7.70. The van der Waals surface area contributed by atoms with E-state index in [2.05, 4.69) is 27.9 Å². The Morgan fingerprint density at radius 3 is 2.49 bits per heavy atom. The zero-order valence-corrected chi connectivity index (χ0v) is 25.4. The Kier molecular flexibility index (Phi) is 9.65. The van der Waals surface area contributed by atoms with Crippen LogP contribution in [-0.2, 0) is 16.2 Å². The minimum absolute atomic E-state index is 0.00547. The normalized spacial score (nSPS) is 14.0. The molecule has 1 aliphatic heterocycles. The Morgan fingerprint density at radius 1 is 1.10 bits per heavy atom. The standard InChI is InChI=1S/C29H26IN3O7S/c1-4-39-24-13-20(12-22(30)27(24)40-16-19-6-8-21(9-7-19)33(37)38)14-25-28(35)32(29(36)41-25)15-26(34)31-23-10-5-17(2)11-18(23)3/h5-14H,4,15-16H2,1-3H3,(H,31,34)/b25-14+. The zero-order chi connectivity index (χ0) is 29.7. The Labute approximate surface area is 254 Å². The number of carbonyl (C=O) groups excluding carboxylic acids is 3. The zero-order valence-electron chi connectivity index (χ0n) is 22.4. The number of nitro benzene ring substituents is 1. The highest BCUT2D eigenvalue weighted by atomic mass is 127. The summed E-state index contributed by atoms with van der Waals surface area (Å²) in [5.41, 5.74) is 3.92. The fourth-order valence-electron chi connectivity index (χ4n) is 4.02. The molecular weight excluding hydrogens is 661 g/mol. The Morgan fingerprint density at radius 2 is 1.83 bits per heavy atom. The van der Waals surface area contributed by atoms with Crippen molar-refractivity contribution in [1.82, 2.24) is 4.90 Å². The molecule has 0 radical (unpaired) electrons. The van der Waals surface area contributed by atoms with Gasteiger partial charge in [-0.05, 0) is 108 Å². The predicted molar refractivity (Wildman–Crippen MR) is 165 cm³/mol. The van der Waals surface area contributed by atoms with Crippen LogP contribution in [0.5, 0.6) is 11.5 Å². The first-order valence-corrected chi connectivity index (χ1v) is 14.4. The van der Waals surface area contributed by atoms with Gasteiger partial charge in [-0.15, -0.1) is 0 Å². The quantitative estimate of drug-likeness (QED) is 0.111. The van der Waals surface area contributed by atoms with Gasteiger partial charge in [-0.25, -0.2) is 0 Å². The van der Waals surface area contributed by atoms with Crippen molar-refractivity contribution in [2.75, 3.05) is 18.5 Å². The SMILES string of the molecule is CCOc1cc(/C=C2/SC(=O)N(CC(=O)Nc3ccc(C)cc3C)C2=O)cc(I)c1OCc1ccc([N+](=O)[O-])cc1. The Bertz CT molecular complexity index is 1560. The van der Waals surface area contributed by atoms with Crippen molar-refractivity contribution in [2.24, 2.45) is 0 Å². The van der Waals surface area contributed by atoms with Crippen molar-refractivity contribution >= 4 is 68.9 Å². The minimum Gasteiger partial charge on any atom is -0.490 e. The van der Waals surface area contributed by atoms with Crippen LogP contribution in [0.25, 0.3) is 6.08 Å². The van der Waals surface area contributed by atoms with E-state index in [0.29, 0.717) is 32.9 Å². The molecule has 0 aliphatic carbocycles.